The summed E-state index contributed by atoms with van der Waals surface area (Å²) in [4.78, 5) is 0. The van der Waals surface area contributed by atoms with Crippen LogP contribution in [0.15, 0.2) is 18.2 Å². The van der Waals surface area contributed by atoms with Gasteiger partial charge in [0.1, 0.15) is 12.4 Å². The van der Waals surface area contributed by atoms with Crippen molar-refractivity contribution in [3.8, 4) is 5.75 Å². The molecule has 0 heterocycles. The van der Waals surface area contributed by atoms with E-state index in [-0.39, 0.29) is 12.1 Å². The molecule has 0 aromatic heterocycles. The zero-order chi connectivity index (χ0) is 13.9. The van der Waals surface area contributed by atoms with E-state index in [9.17, 15) is 5.11 Å². The zero-order valence-corrected chi connectivity index (χ0v) is 12.1. The number of benzene rings is 1. The lowest BCUT2D eigenvalue weighted by molar-refractivity contribution is 0.0855. The highest BCUT2D eigenvalue weighted by molar-refractivity contribution is 5.40. The smallest absolute Gasteiger partial charge is 0.119 e. The molecule has 1 aromatic carbocycles. The molecular weight excluding hydrogens is 250 g/mol. The van der Waals surface area contributed by atoms with Gasteiger partial charge in [-0.2, -0.15) is 0 Å². The van der Waals surface area contributed by atoms with E-state index in [2.05, 4.69) is 12.1 Å². The van der Waals surface area contributed by atoms with Crippen molar-refractivity contribution in [1.82, 2.24) is 0 Å². The Hall–Kier alpha value is -1.06. The van der Waals surface area contributed by atoms with E-state index >= 15 is 0 Å². The van der Waals surface area contributed by atoms with Crippen molar-refractivity contribution in [3.63, 3.8) is 0 Å². The first-order valence-corrected chi connectivity index (χ1v) is 7.91. The van der Waals surface area contributed by atoms with Crippen LogP contribution in [-0.2, 0) is 6.42 Å². The monoisotopic (exact) mass is 275 g/mol. The average Bonchev–Trinajstić information content (AvgIpc) is 3.07. The van der Waals surface area contributed by atoms with Gasteiger partial charge in [0.15, 0.2) is 0 Å². The Labute approximate surface area is 121 Å². The SMILES string of the molecule is N[C@@H]1CCc2cc(OCC(O)CC3CCCC3)ccc21. The van der Waals surface area contributed by atoms with E-state index in [1.54, 1.807) is 0 Å². The molecule has 0 bridgehead atoms. The molecule has 110 valence electrons. The van der Waals surface area contributed by atoms with Gasteiger partial charge < -0.3 is 15.6 Å². The van der Waals surface area contributed by atoms with Crippen LogP contribution in [0.2, 0.25) is 0 Å². The lowest BCUT2D eigenvalue weighted by atomic mass is 10.0. The van der Waals surface area contributed by atoms with E-state index in [0.29, 0.717) is 12.5 Å². The van der Waals surface area contributed by atoms with E-state index in [0.717, 1.165) is 25.0 Å². The fourth-order valence-electron chi connectivity index (χ4n) is 3.61. The summed E-state index contributed by atoms with van der Waals surface area (Å²) in [6.45, 7) is 0.404. The van der Waals surface area contributed by atoms with Crippen molar-refractivity contribution in [3.05, 3.63) is 29.3 Å². The van der Waals surface area contributed by atoms with Gasteiger partial charge in [-0.3, -0.25) is 0 Å². The number of fused-ring (bicyclic) bond motifs is 1. The van der Waals surface area contributed by atoms with Crippen LogP contribution in [-0.4, -0.2) is 17.8 Å². The van der Waals surface area contributed by atoms with Crippen LogP contribution in [0.1, 0.15) is 55.7 Å². The third kappa shape index (κ3) is 3.15. The molecule has 2 atom stereocenters. The third-order valence-corrected chi connectivity index (χ3v) is 4.76. The summed E-state index contributed by atoms with van der Waals surface area (Å²) >= 11 is 0. The Morgan fingerprint density at radius 1 is 1.25 bits per heavy atom. The van der Waals surface area contributed by atoms with Crippen molar-refractivity contribution in [2.45, 2.75) is 57.1 Å². The molecule has 3 nitrogen and oxygen atoms in total. The minimum atomic E-state index is -0.339. The summed E-state index contributed by atoms with van der Waals surface area (Å²) in [6.07, 6.45) is 7.81. The second-order valence-electron chi connectivity index (χ2n) is 6.36. The predicted octanol–water partition coefficient (Wildman–Crippen LogP) is 2.95. The van der Waals surface area contributed by atoms with Crippen LogP contribution in [0, 0.1) is 5.92 Å². The van der Waals surface area contributed by atoms with E-state index in [4.69, 9.17) is 10.5 Å². The molecule has 0 spiro atoms. The molecular formula is C17H25NO2. The van der Waals surface area contributed by atoms with E-state index in [1.807, 2.05) is 6.07 Å². The van der Waals surface area contributed by atoms with Crippen molar-refractivity contribution in [2.24, 2.45) is 11.7 Å². The second kappa shape index (κ2) is 6.15. The van der Waals surface area contributed by atoms with Crippen LogP contribution in [0.25, 0.3) is 0 Å². The normalized spacial score (nSPS) is 23.8. The van der Waals surface area contributed by atoms with Gasteiger partial charge >= 0.3 is 0 Å². The number of ether oxygens (including phenoxy) is 1. The van der Waals surface area contributed by atoms with Gasteiger partial charge in [0.2, 0.25) is 0 Å². The Bertz CT molecular complexity index is 454. The highest BCUT2D eigenvalue weighted by atomic mass is 16.5. The fourth-order valence-corrected chi connectivity index (χ4v) is 3.61. The Balaban J connectivity index is 1.50. The maximum absolute atomic E-state index is 10.1. The molecule has 1 unspecified atom stereocenters. The number of aliphatic hydroxyl groups excluding tert-OH is 1. The highest BCUT2D eigenvalue weighted by Crippen LogP contribution is 2.32. The summed E-state index contributed by atoms with van der Waals surface area (Å²) in [5.74, 6) is 1.56. The lowest BCUT2D eigenvalue weighted by Crippen LogP contribution is -2.20. The van der Waals surface area contributed by atoms with Gasteiger partial charge in [-0.05, 0) is 48.4 Å². The second-order valence-corrected chi connectivity index (χ2v) is 6.36. The molecule has 3 heteroatoms. The molecule has 0 amide bonds. The lowest BCUT2D eigenvalue weighted by Gasteiger charge is -2.16. The minimum Gasteiger partial charge on any atom is -0.491 e. The van der Waals surface area contributed by atoms with Gasteiger partial charge in [0, 0.05) is 6.04 Å². The van der Waals surface area contributed by atoms with Crippen molar-refractivity contribution in [1.29, 1.82) is 0 Å². The standard InChI is InChI=1S/C17H25NO2/c18-17-8-5-13-10-15(6-7-16(13)17)20-11-14(19)9-12-3-1-2-4-12/h6-7,10,12,14,17,19H,1-5,8-9,11,18H2/t14?,17-/m1/s1. The average molecular weight is 275 g/mol. The van der Waals surface area contributed by atoms with Crippen LogP contribution < -0.4 is 10.5 Å². The molecule has 3 N–H and O–H groups in total. The van der Waals surface area contributed by atoms with E-state index in [1.165, 1.54) is 36.8 Å². The van der Waals surface area contributed by atoms with Crippen LogP contribution in [0.3, 0.4) is 0 Å². The quantitative estimate of drug-likeness (QED) is 0.868. The van der Waals surface area contributed by atoms with Crippen LogP contribution in [0.5, 0.6) is 5.75 Å². The summed E-state index contributed by atoms with van der Waals surface area (Å²) in [5.41, 5.74) is 8.59. The van der Waals surface area contributed by atoms with Gasteiger partial charge in [0.25, 0.3) is 0 Å². The Morgan fingerprint density at radius 2 is 2.05 bits per heavy atom. The highest BCUT2D eigenvalue weighted by Gasteiger charge is 2.21. The summed E-state index contributed by atoms with van der Waals surface area (Å²) in [7, 11) is 0. The molecule has 2 aliphatic rings. The minimum absolute atomic E-state index is 0.187. The fraction of sp³-hybridized carbons (Fsp3) is 0.647. The van der Waals surface area contributed by atoms with Gasteiger partial charge in [-0.1, -0.05) is 31.7 Å². The molecule has 2 aliphatic carbocycles. The first-order chi connectivity index (χ1) is 9.72. The molecule has 1 saturated carbocycles. The van der Waals surface area contributed by atoms with Crippen LogP contribution in [0.4, 0.5) is 0 Å². The van der Waals surface area contributed by atoms with Crippen molar-refractivity contribution < 1.29 is 9.84 Å². The zero-order valence-electron chi connectivity index (χ0n) is 12.1. The maximum atomic E-state index is 10.1. The number of aryl methyl sites for hydroxylation is 1. The number of hydrogen-bond acceptors (Lipinski definition) is 3. The summed E-state index contributed by atoms with van der Waals surface area (Å²) < 4.78 is 5.75. The summed E-state index contributed by atoms with van der Waals surface area (Å²) in [5, 5.41) is 10.1. The van der Waals surface area contributed by atoms with Crippen molar-refractivity contribution in [2.75, 3.05) is 6.61 Å². The molecule has 3 rings (SSSR count). The number of rotatable bonds is 5. The number of aliphatic hydroxyl groups is 1. The molecule has 1 fully saturated rings. The molecule has 0 aliphatic heterocycles. The largest absolute Gasteiger partial charge is 0.491 e. The van der Waals surface area contributed by atoms with E-state index < -0.39 is 0 Å². The third-order valence-electron chi connectivity index (χ3n) is 4.76. The van der Waals surface area contributed by atoms with Crippen molar-refractivity contribution >= 4 is 0 Å². The van der Waals surface area contributed by atoms with Gasteiger partial charge in [-0.25, -0.2) is 0 Å². The number of hydrogen-bond donors (Lipinski definition) is 2. The first kappa shape index (κ1) is 13.9. The molecule has 0 radical (unpaired) electrons. The predicted molar refractivity (Wildman–Crippen MR) is 79.8 cm³/mol. The Morgan fingerprint density at radius 3 is 2.85 bits per heavy atom. The maximum Gasteiger partial charge on any atom is 0.119 e. The topological polar surface area (TPSA) is 55.5 Å². The molecule has 1 aromatic rings. The molecule has 0 saturated heterocycles. The first-order valence-electron chi connectivity index (χ1n) is 7.91. The van der Waals surface area contributed by atoms with Gasteiger partial charge in [-0.15, -0.1) is 0 Å². The van der Waals surface area contributed by atoms with Crippen LogP contribution >= 0.6 is 0 Å². The Kier molecular flexibility index (Phi) is 4.27. The summed E-state index contributed by atoms with van der Waals surface area (Å²) in [6, 6.07) is 6.33. The number of nitrogens with two attached hydrogens (primary N) is 1. The molecule has 20 heavy (non-hydrogen) atoms. The van der Waals surface area contributed by atoms with Gasteiger partial charge in [0.05, 0.1) is 6.10 Å².